The summed E-state index contributed by atoms with van der Waals surface area (Å²) in [4.78, 5) is 31.5. The molecule has 1 aromatic carbocycles. The van der Waals surface area contributed by atoms with Gasteiger partial charge in [0.2, 0.25) is 5.91 Å². The molecule has 2 aliphatic rings. The Hall–Kier alpha value is -2.80. The van der Waals surface area contributed by atoms with E-state index in [1.165, 1.54) is 17.3 Å². The van der Waals surface area contributed by atoms with E-state index in [2.05, 4.69) is 10.3 Å². The molecular weight excluding hydrogens is 384 g/mol. The Labute approximate surface area is 174 Å². The van der Waals surface area contributed by atoms with Crippen LogP contribution in [0.15, 0.2) is 59.8 Å². The van der Waals surface area contributed by atoms with E-state index in [0.29, 0.717) is 18.1 Å². The van der Waals surface area contributed by atoms with Gasteiger partial charge in [-0.05, 0) is 61.1 Å². The molecule has 0 spiro atoms. The zero-order chi connectivity index (χ0) is 20.2. The highest BCUT2D eigenvalue weighted by Gasteiger charge is 2.40. The van der Waals surface area contributed by atoms with Crippen LogP contribution in [0.25, 0.3) is 0 Å². The first-order valence-electron chi connectivity index (χ1n) is 9.81. The number of hydrogen-bond acceptors (Lipinski definition) is 5. The van der Waals surface area contributed by atoms with E-state index in [1.54, 1.807) is 18.3 Å². The van der Waals surface area contributed by atoms with E-state index < -0.39 is 0 Å². The summed E-state index contributed by atoms with van der Waals surface area (Å²) in [7, 11) is 0. The number of carbonyl (C=O) groups excluding carboxylic acids is 2. The van der Waals surface area contributed by atoms with Crippen molar-refractivity contribution in [1.29, 1.82) is 0 Å². The van der Waals surface area contributed by atoms with Gasteiger partial charge in [0.05, 0.1) is 5.75 Å². The molecular formula is C22H24N4O2S. The van der Waals surface area contributed by atoms with Crippen molar-refractivity contribution in [2.24, 2.45) is 0 Å². The van der Waals surface area contributed by atoms with Gasteiger partial charge in [-0.25, -0.2) is 4.98 Å². The van der Waals surface area contributed by atoms with Crippen LogP contribution < -0.4 is 11.1 Å². The van der Waals surface area contributed by atoms with Gasteiger partial charge in [0.15, 0.2) is 0 Å². The number of anilines is 2. The second-order valence-corrected chi connectivity index (χ2v) is 8.38. The number of hydrogen-bond donors (Lipinski definition) is 2. The van der Waals surface area contributed by atoms with Gasteiger partial charge < -0.3 is 16.0 Å². The number of nitrogens with two attached hydrogens (primary N) is 1. The number of nitrogens with zero attached hydrogens (tertiary/aromatic N) is 2. The number of thioether (sulfide) groups is 1. The van der Waals surface area contributed by atoms with Crippen molar-refractivity contribution in [3.05, 3.63) is 65.4 Å². The maximum Gasteiger partial charge on any atom is 0.251 e. The highest BCUT2D eigenvalue weighted by molar-refractivity contribution is 8.00. The van der Waals surface area contributed by atoms with Crippen LogP contribution in [0.4, 0.5) is 11.5 Å². The fourth-order valence-corrected chi connectivity index (χ4v) is 5.04. The lowest BCUT2D eigenvalue weighted by Crippen LogP contribution is -2.34. The summed E-state index contributed by atoms with van der Waals surface area (Å²) in [6.07, 6.45) is 5.56. The summed E-state index contributed by atoms with van der Waals surface area (Å²) in [6.45, 7) is 0.519. The topological polar surface area (TPSA) is 88.3 Å². The number of nitrogens with one attached hydrogen (secondary N) is 1. The number of aromatic nitrogens is 1. The summed E-state index contributed by atoms with van der Waals surface area (Å²) in [5.74, 6) is 0.804. The normalized spacial score (nSPS) is 18.7. The van der Waals surface area contributed by atoms with Crippen molar-refractivity contribution in [1.82, 2.24) is 9.88 Å². The number of nitrogen functional groups attached to an aromatic ring is 1. The number of pyridine rings is 1. The van der Waals surface area contributed by atoms with Gasteiger partial charge in [0, 0.05) is 24.0 Å². The number of carbonyl (C=O) groups is 2. The summed E-state index contributed by atoms with van der Waals surface area (Å²) >= 11 is 1.51. The van der Waals surface area contributed by atoms with Gasteiger partial charge in [0.1, 0.15) is 11.2 Å². The van der Waals surface area contributed by atoms with Gasteiger partial charge >= 0.3 is 0 Å². The Kier molecular flexibility index (Phi) is 5.85. The lowest BCUT2D eigenvalue weighted by Gasteiger charge is -2.27. The minimum atomic E-state index is -0.113. The maximum atomic E-state index is 13.1. The summed E-state index contributed by atoms with van der Waals surface area (Å²) in [6, 6.07) is 13.0. The summed E-state index contributed by atoms with van der Waals surface area (Å²) < 4.78 is 0. The highest BCUT2D eigenvalue weighted by Crippen LogP contribution is 2.41. The van der Waals surface area contributed by atoms with Crippen LogP contribution in [-0.4, -0.2) is 32.8 Å². The molecule has 2 heterocycles. The minimum absolute atomic E-state index is 0.0927. The third kappa shape index (κ3) is 4.45. The molecule has 0 bridgehead atoms. The quantitative estimate of drug-likeness (QED) is 0.714. The molecule has 150 valence electrons. The molecule has 3 N–H and O–H groups in total. The Balaban J connectivity index is 1.47. The Morgan fingerprint density at radius 3 is 2.72 bits per heavy atom. The highest BCUT2D eigenvalue weighted by atomic mass is 32.2. The van der Waals surface area contributed by atoms with E-state index in [0.717, 1.165) is 36.8 Å². The molecule has 1 aliphatic carbocycles. The molecule has 2 aromatic rings. The zero-order valence-corrected chi connectivity index (χ0v) is 17.0. The van der Waals surface area contributed by atoms with Gasteiger partial charge in [-0.15, -0.1) is 11.8 Å². The third-order valence-electron chi connectivity index (χ3n) is 5.25. The van der Waals surface area contributed by atoms with E-state index in [9.17, 15) is 9.59 Å². The van der Waals surface area contributed by atoms with E-state index in [4.69, 9.17) is 5.73 Å². The first kappa shape index (κ1) is 19.5. The molecule has 1 aliphatic heterocycles. The molecule has 7 heteroatoms. The van der Waals surface area contributed by atoms with Crippen molar-refractivity contribution >= 4 is 35.1 Å². The van der Waals surface area contributed by atoms with Crippen LogP contribution >= 0.6 is 11.8 Å². The van der Waals surface area contributed by atoms with Crippen LogP contribution in [0.1, 0.15) is 31.2 Å². The van der Waals surface area contributed by atoms with E-state index in [1.807, 2.05) is 35.2 Å². The first-order valence-corrected chi connectivity index (χ1v) is 10.9. The van der Waals surface area contributed by atoms with Crippen molar-refractivity contribution < 1.29 is 9.59 Å². The van der Waals surface area contributed by atoms with Crippen LogP contribution in [0.3, 0.4) is 0 Å². The largest absolute Gasteiger partial charge is 0.399 e. The molecule has 1 atom stereocenters. The van der Waals surface area contributed by atoms with Crippen molar-refractivity contribution in [3.8, 4) is 0 Å². The molecule has 1 aromatic heterocycles. The Morgan fingerprint density at radius 1 is 1.17 bits per heavy atom. The molecule has 2 amide bonds. The number of amides is 2. The average molecular weight is 409 g/mol. The number of rotatable bonds is 6. The van der Waals surface area contributed by atoms with Crippen LogP contribution in [0, 0.1) is 0 Å². The second-order valence-electron chi connectivity index (χ2n) is 7.31. The van der Waals surface area contributed by atoms with Gasteiger partial charge in [0.25, 0.3) is 5.91 Å². The Bertz CT molecular complexity index is 928. The van der Waals surface area contributed by atoms with E-state index >= 15 is 0 Å². The summed E-state index contributed by atoms with van der Waals surface area (Å²) in [5, 5.41) is 2.72. The molecule has 0 fully saturated rings. The maximum absolute atomic E-state index is 13.1. The molecule has 0 saturated carbocycles. The third-order valence-corrected chi connectivity index (χ3v) is 6.53. The van der Waals surface area contributed by atoms with Gasteiger partial charge in [-0.3, -0.25) is 9.59 Å². The van der Waals surface area contributed by atoms with Crippen LogP contribution in [0.5, 0.6) is 0 Å². The predicted molar refractivity (Wildman–Crippen MR) is 116 cm³/mol. The predicted octanol–water partition coefficient (Wildman–Crippen LogP) is 3.57. The van der Waals surface area contributed by atoms with Crippen molar-refractivity contribution in [2.75, 3.05) is 16.8 Å². The van der Waals surface area contributed by atoms with Crippen LogP contribution in [0.2, 0.25) is 0 Å². The van der Waals surface area contributed by atoms with Crippen molar-refractivity contribution in [3.63, 3.8) is 0 Å². The smallest absolute Gasteiger partial charge is 0.251 e. The zero-order valence-electron chi connectivity index (χ0n) is 16.1. The fourth-order valence-electron chi connectivity index (χ4n) is 3.85. The first-order chi connectivity index (χ1) is 14.1. The van der Waals surface area contributed by atoms with Crippen LogP contribution in [-0.2, 0) is 16.1 Å². The lowest BCUT2D eigenvalue weighted by atomic mass is 9.94. The lowest BCUT2D eigenvalue weighted by molar-refractivity contribution is -0.126. The number of benzene rings is 1. The molecule has 1 unspecified atom stereocenters. The molecule has 6 nitrogen and oxygen atoms in total. The molecule has 4 rings (SSSR count). The fraction of sp³-hybridized carbons (Fsp3) is 0.318. The second kappa shape index (κ2) is 8.69. The van der Waals surface area contributed by atoms with Gasteiger partial charge in [-0.2, -0.15) is 0 Å². The minimum Gasteiger partial charge on any atom is -0.399 e. The van der Waals surface area contributed by atoms with E-state index in [-0.39, 0.29) is 22.9 Å². The summed E-state index contributed by atoms with van der Waals surface area (Å²) in [5.41, 5.74) is 9.68. The van der Waals surface area contributed by atoms with Crippen molar-refractivity contribution in [2.45, 2.75) is 37.6 Å². The SMILES string of the molecule is Nc1ccc(CN2C(=O)C3=C(CCCC3)C2SCC(=O)Nc2ccccn2)cc1. The molecule has 0 saturated heterocycles. The molecule has 0 radical (unpaired) electrons. The Morgan fingerprint density at radius 2 is 1.97 bits per heavy atom. The average Bonchev–Trinajstić information content (AvgIpc) is 3.00. The molecule has 29 heavy (non-hydrogen) atoms. The standard InChI is InChI=1S/C22H24N4O2S/c23-16-10-8-15(9-11-16)13-26-21(28)17-5-1-2-6-18(17)22(26)29-14-20(27)25-19-7-3-4-12-24-19/h3-4,7-12,22H,1-2,5-6,13-14,23H2,(H,24,25,27). The van der Waals surface area contributed by atoms with Gasteiger partial charge in [-0.1, -0.05) is 18.2 Å². The monoisotopic (exact) mass is 408 g/mol.